The van der Waals surface area contributed by atoms with E-state index < -0.39 is 6.10 Å². The number of unbranched alkanes of at least 4 members (excludes halogenated alkanes) is 1. The third-order valence-corrected chi connectivity index (χ3v) is 5.49. The highest BCUT2D eigenvalue weighted by Crippen LogP contribution is 2.30. The molecule has 3 rings (SSSR count). The lowest BCUT2D eigenvalue weighted by atomic mass is 10.1. The highest BCUT2D eigenvalue weighted by Gasteiger charge is 2.37. The van der Waals surface area contributed by atoms with Gasteiger partial charge in [-0.1, -0.05) is 38.7 Å². The summed E-state index contributed by atoms with van der Waals surface area (Å²) in [4.78, 5) is 15.1. The number of aromatic nitrogens is 2. The number of hydrogen-bond donors (Lipinski definition) is 1. The van der Waals surface area contributed by atoms with Gasteiger partial charge < -0.3 is 19.7 Å². The molecule has 2 aliphatic rings. The van der Waals surface area contributed by atoms with Gasteiger partial charge in [0.1, 0.15) is 6.10 Å². The molecule has 1 aliphatic heterocycles. The molecule has 7 heteroatoms. The molecule has 1 aromatic rings. The molecule has 31 heavy (non-hydrogen) atoms. The number of carbonyl (C=O) groups is 1. The number of amides is 1. The van der Waals surface area contributed by atoms with Crippen LogP contribution in [0.5, 0.6) is 0 Å². The SMILES string of the molecule is C=C/C=C\c1c(CN(C(=O)[C@H]2CNCCO2)C2CC2)nn(CCCCOC)c1C.CC. The van der Waals surface area contributed by atoms with Gasteiger partial charge in [0.05, 0.1) is 18.8 Å². The first-order valence-corrected chi connectivity index (χ1v) is 11.6. The highest BCUT2D eigenvalue weighted by molar-refractivity contribution is 5.82. The maximum atomic E-state index is 13.1. The molecule has 2 fully saturated rings. The van der Waals surface area contributed by atoms with Crippen LogP contribution < -0.4 is 5.32 Å². The fraction of sp³-hybridized carbons (Fsp3) is 0.667. The molecule has 0 radical (unpaired) electrons. The number of rotatable bonds is 11. The fourth-order valence-electron chi connectivity index (χ4n) is 3.69. The highest BCUT2D eigenvalue weighted by atomic mass is 16.5. The quantitative estimate of drug-likeness (QED) is 0.429. The van der Waals surface area contributed by atoms with Gasteiger partial charge in [0.25, 0.3) is 5.91 Å². The summed E-state index contributed by atoms with van der Waals surface area (Å²) in [6.45, 7) is 14.0. The van der Waals surface area contributed by atoms with Crippen LogP contribution in [0.3, 0.4) is 0 Å². The maximum Gasteiger partial charge on any atom is 0.253 e. The number of morpholine rings is 1. The standard InChI is InChI=1S/C22H34N4O3.C2H6/c1-4-5-8-19-17(2)26(12-6-7-13-28-3)24-20(19)16-25(18-9-10-18)22(27)21-15-23-11-14-29-21;1-2/h4-5,8,18,21,23H,1,6-7,9-16H2,2-3H3;1-2H3/b8-5-;/t21-;/m1./s1. The van der Waals surface area contributed by atoms with E-state index in [-0.39, 0.29) is 5.91 Å². The Labute approximate surface area is 187 Å². The molecule has 2 heterocycles. The van der Waals surface area contributed by atoms with E-state index in [1.165, 1.54) is 0 Å². The molecule has 1 aliphatic carbocycles. The predicted octanol–water partition coefficient (Wildman–Crippen LogP) is 3.32. The van der Waals surface area contributed by atoms with E-state index in [9.17, 15) is 4.79 Å². The van der Waals surface area contributed by atoms with Crippen molar-refractivity contribution < 1.29 is 14.3 Å². The van der Waals surface area contributed by atoms with Crippen molar-refractivity contribution in [1.82, 2.24) is 20.0 Å². The van der Waals surface area contributed by atoms with Gasteiger partial charge in [-0.2, -0.15) is 5.10 Å². The molecule has 1 aromatic heterocycles. The number of allylic oxidation sites excluding steroid dienone is 2. The van der Waals surface area contributed by atoms with E-state index >= 15 is 0 Å². The van der Waals surface area contributed by atoms with E-state index in [1.807, 2.05) is 30.9 Å². The van der Waals surface area contributed by atoms with Gasteiger partial charge in [-0.25, -0.2) is 0 Å². The summed E-state index contributed by atoms with van der Waals surface area (Å²) in [6.07, 6.45) is 9.47. The van der Waals surface area contributed by atoms with Crippen LogP contribution in [0.25, 0.3) is 6.08 Å². The van der Waals surface area contributed by atoms with E-state index in [4.69, 9.17) is 14.6 Å². The second-order valence-corrected chi connectivity index (χ2v) is 7.72. The van der Waals surface area contributed by atoms with Crippen LogP contribution in [0, 0.1) is 6.92 Å². The number of carbonyl (C=O) groups excluding carboxylic acids is 1. The molecule has 1 saturated carbocycles. The second kappa shape index (κ2) is 13.5. The summed E-state index contributed by atoms with van der Waals surface area (Å²) < 4.78 is 12.9. The predicted molar refractivity (Wildman–Crippen MR) is 125 cm³/mol. The van der Waals surface area contributed by atoms with Crippen LogP contribution in [0.15, 0.2) is 18.7 Å². The van der Waals surface area contributed by atoms with Gasteiger partial charge in [0.15, 0.2) is 0 Å². The summed E-state index contributed by atoms with van der Waals surface area (Å²) in [7, 11) is 1.73. The Morgan fingerprint density at radius 1 is 1.39 bits per heavy atom. The smallest absolute Gasteiger partial charge is 0.253 e. The zero-order valence-corrected chi connectivity index (χ0v) is 19.7. The minimum absolute atomic E-state index is 0.0747. The number of methoxy groups -OCH3 is 1. The zero-order chi connectivity index (χ0) is 22.6. The van der Waals surface area contributed by atoms with Crippen molar-refractivity contribution in [2.45, 2.75) is 71.7 Å². The topological polar surface area (TPSA) is 68.6 Å². The first-order chi connectivity index (χ1) is 15.2. The maximum absolute atomic E-state index is 13.1. The van der Waals surface area contributed by atoms with E-state index in [0.29, 0.717) is 25.7 Å². The minimum atomic E-state index is -0.395. The fourth-order valence-corrected chi connectivity index (χ4v) is 3.69. The van der Waals surface area contributed by atoms with Crippen LogP contribution in [0.2, 0.25) is 0 Å². The largest absolute Gasteiger partial charge is 0.385 e. The van der Waals surface area contributed by atoms with Gasteiger partial charge in [-0.05, 0) is 32.6 Å². The molecular formula is C24H40N4O3. The van der Waals surface area contributed by atoms with Crippen molar-refractivity contribution in [3.63, 3.8) is 0 Å². The van der Waals surface area contributed by atoms with Crippen LogP contribution in [0.4, 0.5) is 0 Å². The Hall–Kier alpha value is -1.96. The number of aryl methyl sites for hydroxylation is 1. The van der Waals surface area contributed by atoms with Crippen LogP contribution >= 0.6 is 0 Å². The molecule has 1 amide bonds. The molecule has 0 spiro atoms. The summed E-state index contributed by atoms with van der Waals surface area (Å²) in [5.41, 5.74) is 3.14. The molecular weight excluding hydrogens is 392 g/mol. The average molecular weight is 433 g/mol. The summed E-state index contributed by atoms with van der Waals surface area (Å²) in [5.74, 6) is 0.0747. The van der Waals surface area contributed by atoms with Gasteiger partial charge in [-0.15, -0.1) is 0 Å². The molecule has 1 saturated heterocycles. The van der Waals surface area contributed by atoms with E-state index in [1.54, 1.807) is 13.2 Å². The summed E-state index contributed by atoms with van der Waals surface area (Å²) in [6, 6.07) is 0.302. The number of nitrogens with zero attached hydrogens (tertiary/aromatic N) is 3. The molecule has 0 aromatic carbocycles. The lowest BCUT2D eigenvalue weighted by Gasteiger charge is -2.29. The summed E-state index contributed by atoms with van der Waals surface area (Å²) in [5, 5.41) is 8.13. The molecule has 7 nitrogen and oxygen atoms in total. The molecule has 0 unspecified atom stereocenters. The lowest BCUT2D eigenvalue weighted by molar-refractivity contribution is -0.146. The molecule has 1 N–H and O–H groups in total. The van der Waals surface area contributed by atoms with E-state index in [2.05, 4.69) is 23.5 Å². The Kier molecular flexibility index (Phi) is 11.0. The Bertz CT molecular complexity index is 719. The van der Waals surface area contributed by atoms with Gasteiger partial charge >= 0.3 is 0 Å². The minimum Gasteiger partial charge on any atom is -0.385 e. The monoisotopic (exact) mass is 432 g/mol. The number of hydrogen-bond acceptors (Lipinski definition) is 5. The third kappa shape index (κ3) is 7.30. The second-order valence-electron chi connectivity index (χ2n) is 7.72. The Morgan fingerprint density at radius 3 is 2.77 bits per heavy atom. The van der Waals surface area contributed by atoms with Crippen LogP contribution in [0.1, 0.15) is 56.5 Å². The Morgan fingerprint density at radius 2 is 2.16 bits per heavy atom. The average Bonchev–Trinajstić information content (AvgIpc) is 3.61. The van der Waals surface area contributed by atoms with Gasteiger partial charge in [0.2, 0.25) is 0 Å². The first kappa shape index (κ1) is 25.3. The number of nitrogens with one attached hydrogen (secondary N) is 1. The third-order valence-electron chi connectivity index (χ3n) is 5.49. The number of ether oxygens (including phenoxy) is 2. The lowest BCUT2D eigenvalue weighted by Crippen LogP contribution is -2.49. The summed E-state index contributed by atoms with van der Waals surface area (Å²) >= 11 is 0. The van der Waals surface area contributed by atoms with Crippen LogP contribution in [-0.2, 0) is 27.4 Å². The molecule has 0 bridgehead atoms. The van der Waals surface area contributed by atoms with E-state index in [0.717, 1.165) is 62.3 Å². The first-order valence-electron chi connectivity index (χ1n) is 11.6. The van der Waals surface area contributed by atoms with Crippen molar-refractivity contribution in [3.05, 3.63) is 35.7 Å². The normalized spacial score (nSPS) is 18.5. The van der Waals surface area contributed by atoms with Crippen molar-refractivity contribution in [3.8, 4) is 0 Å². The zero-order valence-electron chi connectivity index (χ0n) is 19.7. The van der Waals surface area contributed by atoms with Crippen LogP contribution in [-0.4, -0.2) is 66.1 Å². The van der Waals surface area contributed by atoms with Gasteiger partial charge in [-0.3, -0.25) is 9.48 Å². The van der Waals surface area contributed by atoms with Crippen molar-refractivity contribution >= 4 is 12.0 Å². The van der Waals surface area contributed by atoms with Crippen molar-refractivity contribution in [1.29, 1.82) is 0 Å². The molecule has 1 atom stereocenters. The van der Waals surface area contributed by atoms with Crippen molar-refractivity contribution in [2.24, 2.45) is 0 Å². The van der Waals surface area contributed by atoms with Crippen molar-refractivity contribution in [2.75, 3.05) is 33.4 Å². The Balaban J connectivity index is 0.00000166. The van der Waals surface area contributed by atoms with Gasteiger partial charge in [0, 0.05) is 50.7 Å². The molecule has 174 valence electrons.